The molecule has 0 aliphatic heterocycles. The predicted octanol–water partition coefficient (Wildman–Crippen LogP) is 2.10. The largest absolute Gasteiger partial charge is 0.481 e. The van der Waals surface area contributed by atoms with Gasteiger partial charge in [0, 0.05) is 12.1 Å². The van der Waals surface area contributed by atoms with Crippen molar-refractivity contribution < 1.29 is 23.9 Å². The van der Waals surface area contributed by atoms with E-state index in [1.54, 1.807) is 0 Å². The Morgan fingerprint density at radius 1 is 1.26 bits per heavy atom. The first-order valence-corrected chi connectivity index (χ1v) is 5.95. The molecular weight excluding hydrogens is 323 g/mol. The third-order valence-corrected chi connectivity index (χ3v) is 2.64. The summed E-state index contributed by atoms with van der Waals surface area (Å²) in [7, 11) is 0. The zero-order valence-electron chi connectivity index (χ0n) is 9.57. The number of anilines is 1. The zero-order valence-corrected chi connectivity index (χ0v) is 11.2. The minimum Gasteiger partial charge on any atom is -0.481 e. The molecule has 19 heavy (non-hydrogen) atoms. The Kier molecular flexibility index (Phi) is 5.43. The maximum atomic E-state index is 13.2. The first kappa shape index (κ1) is 15.1. The van der Waals surface area contributed by atoms with Gasteiger partial charge in [-0.25, -0.2) is 9.18 Å². The molecule has 0 fully saturated rings. The van der Waals surface area contributed by atoms with Crippen LogP contribution in [0.5, 0.6) is 0 Å². The number of benzene rings is 1. The Balaban J connectivity index is 2.48. The summed E-state index contributed by atoms with van der Waals surface area (Å²) in [5.74, 6) is -2.42. The Labute approximate surface area is 116 Å². The van der Waals surface area contributed by atoms with Crippen LogP contribution in [0.1, 0.15) is 12.8 Å². The van der Waals surface area contributed by atoms with Crippen LogP contribution in [0.3, 0.4) is 0 Å². The van der Waals surface area contributed by atoms with Gasteiger partial charge < -0.3 is 10.4 Å². The zero-order chi connectivity index (χ0) is 14.4. The van der Waals surface area contributed by atoms with E-state index in [0.717, 1.165) is 6.07 Å². The van der Waals surface area contributed by atoms with Gasteiger partial charge in [-0.15, -0.1) is 0 Å². The van der Waals surface area contributed by atoms with Crippen LogP contribution in [0, 0.1) is 5.82 Å². The molecule has 3 N–H and O–H groups in total. The van der Waals surface area contributed by atoms with E-state index in [1.165, 1.54) is 12.1 Å². The maximum Gasteiger partial charge on any atom is 0.325 e. The van der Waals surface area contributed by atoms with E-state index in [-0.39, 0.29) is 23.0 Å². The normalized spacial score (nSPS) is 9.79. The molecule has 0 unspecified atom stereocenters. The summed E-state index contributed by atoms with van der Waals surface area (Å²) in [5.41, 5.74) is 0.171. The van der Waals surface area contributed by atoms with Crippen LogP contribution < -0.4 is 10.6 Å². The minimum atomic E-state index is -1.13. The summed E-state index contributed by atoms with van der Waals surface area (Å²) in [5, 5.41) is 12.5. The maximum absolute atomic E-state index is 13.2. The lowest BCUT2D eigenvalue weighted by Crippen LogP contribution is -2.34. The van der Waals surface area contributed by atoms with Gasteiger partial charge in [0.1, 0.15) is 5.82 Å². The van der Waals surface area contributed by atoms with Gasteiger partial charge in [-0.2, -0.15) is 0 Å². The van der Waals surface area contributed by atoms with E-state index in [1.807, 2.05) is 5.32 Å². The number of amides is 3. The fraction of sp³-hybridized carbons (Fsp3) is 0.182. The number of rotatable bonds is 4. The van der Waals surface area contributed by atoms with Gasteiger partial charge in [0.15, 0.2) is 0 Å². The van der Waals surface area contributed by atoms with Gasteiger partial charge in [-0.1, -0.05) is 0 Å². The molecule has 0 spiro atoms. The predicted molar refractivity (Wildman–Crippen MR) is 68.1 cm³/mol. The number of carbonyl (C=O) groups is 3. The number of nitrogens with one attached hydrogen (secondary N) is 2. The van der Waals surface area contributed by atoms with Gasteiger partial charge >= 0.3 is 12.0 Å². The van der Waals surface area contributed by atoms with Crippen molar-refractivity contribution >= 4 is 39.5 Å². The van der Waals surface area contributed by atoms with Crippen LogP contribution in [0.25, 0.3) is 0 Å². The topological polar surface area (TPSA) is 95.5 Å². The quantitative estimate of drug-likeness (QED) is 0.786. The first-order chi connectivity index (χ1) is 8.88. The number of aliphatic carboxylic acids is 1. The molecule has 6 nitrogen and oxygen atoms in total. The average Bonchev–Trinajstić information content (AvgIpc) is 2.31. The second-order valence-corrected chi connectivity index (χ2v) is 4.38. The number of imide groups is 1. The van der Waals surface area contributed by atoms with Gasteiger partial charge in [0.25, 0.3) is 0 Å². The van der Waals surface area contributed by atoms with E-state index in [9.17, 15) is 18.8 Å². The van der Waals surface area contributed by atoms with Crippen molar-refractivity contribution in [1.29, 1.82) is 0 Å². The molecule has 0 saturated carbocycles. The van der Waals surface area contributed by atoms with Gasteiger partial charge in [-0.05, 0) is 34.1 Å². The molecule has 0 aliphatic rings. The van der Waals surface area contributed by atoms with Crippen molar-refractivity contribution in [3.63, 3.8) is 0 Å². The molecule has 1 rings (SSSR count). The lowest BCUT2D eigenvalue weighted by Gasteiger charge is -2.06. The van der Waals surface area contributed by atoms with Gasteiger partial charge in [0.2, 0.25) is 5.91 Å². The van der Waals surface area contributed by atoms with Crippen molar-refractivity contribution in [3.8, 4) is 0 Å². The number of hydrogen-bond acceptors (Lipinski definition) is 3. The summed E-state index contributed by atoms with van der Waals surface area (Å²) < 4.78 is 13.4. The highest BCUT2D eigenvalue weighted by atomic mass is 79.9. The Morgan fingerprint density at radius 3 is 2.53 bits per heavy atom. The molecule has 0 aliphatic carbocycles. The van der Waals surface area contributed by atoms with E-state index >= 15 is 0 Å². The molecule has 3 amide bonds. The molecule has 0 bridgehead atoms. The average molecular weight is 333 g/mol. The molecule has 102 valence electrons. The second-order valence-electron chi connectivity index (χ2n) is 3.52. The summed E-state index contributed by atoms with van der Waals surface area (Å²) in [6.45, 7) is 0. The Morgan fingerprint density at radius 2 is 1.95 bits per heavy atom. The van der Waals surface area contributed by atoms with Crippen LogP contribution in [-0.4, -0.2) is 23.0 Å². The van der Waals surface area contributed by atoms with Crippen LogP contribution in [0.15, 0.2) is 22.7 Å². The summed E-state index contributed by atoms with van der Waals surface area (Å²) in [6, 6.07) is 3.06. The Hall–Kier alpha value is -1.96. The van der Waals surface area contributed by atoms with E-state index in [4.69, 9.17) is 5.11 Å². The molecule has 1 aromatic rings. The van der Waals surface area contributed by atoms with Crippen molar-refractivity contribution in [3.05, 3.63) is 28.5 Å². The first-order valence-electron chi connectivity index (χ1n) is 5.16. The number of hydrogen-bond donors (Lipinski definition) is 3. The van der Waals surface area contributed by atoms with Gasteiger partial charge in [-0.3, -0.25) is 14.9 Å². The van der Waals surface area contributed by atoms with Crippen molar-refractivity contribution in [2.24, 2.45) is 0 Å². The number of carboxylic acids is 1. The van der Waals surface area contributed by atoms with Crippen molar-refractivity contribution in [1.82, 2.24) is 5.32 Å². The third-order valence-electron chi connectivity index (χ3n) is 2.00. The van der Waals surface area contributed by atoms with E-state index in [2.05, 4.69) is 21.2 Å². The third kappa shape index (κ3) is 5.47. The van der Waals surface area contributed by atoms with Crippen LogP contribution >= 0.6 is 15.9 Å². The summed E-state index contributed by atoms with van der Waals surface area (Å²) >= 11 is 2.96. The standard InChI is InChI=1S/C11H10BrFN2O4/c12-7-2-1-6(5-8(7)13)14-11(19)15-9(16)3-4-10(17)18/h1-2,5H,3-4H2,(H,17,18)(H2,14,15,16,19). The highest BCUT2D eigenvalue weighted by Gasteiger charge is 2.10. The number of urea groups is 1. The van der Waals surface area contributed by atoms with Gasteiger partial charge in [0.05, 0.1) is 10.9 Å². The molecular formula is C11H10BrFN2O4. The molecule has 0 heterocycles. The van der Waals surface area contributed by atoms with Crippen LogP contribution in [0.4, 0.5) is 14.9 Å². The summed E-state index contributed by atoms with van der Waals surface area (Å²) in [6.07, 6.45) is -0.677. The number of carboxylic acid groups (broad SMARTS) is 1. The van der Waals surface area contributed by atoms with Crippen molar-refractivity contribution in [2.45, 2.75) is 12.8 Å². The molecule has 0 saturated heterocycles. The fourth-order valence-corrected chi connectivity index (χ4v) is 1.39. The second kappa shape index (κ2) is 6.83. The molecule has 0 atom stereocenters. The minimum absolute atomic E-state index is 0.171. The molecule has 1 aromatic carbocycles. The SMILES string of the molecule is O=C(O)CCC(=O)NC(=O)Nc1ccc(Br)c(F)c1. The van der Waals surface area contributed by atoms with E-state index in [0.29, 0.717) is 0 Å². The fourth-order valence-electron chi connectivity index (χ4n) is 1.15. The number of halogens is 2. The van der Waals surface area contributed by atoms with Crippen LogP contribution in [0.2, 0.25) is 0 Å². The lowest BCUT2D eigenvalue weighted by molar-refractivity contribution is -0.138. The lowest BCUT2D eigenvalue weighted by atomic mass is 10.3. The van der Waals surface area contributed by atoms with Crippen molar-refractivity contribution in [2.75, 3.05) is 5.32 Å². The highest BCUT2D eigenvalue weighted by molar-refractivity contribution is 9.10. The summed E-state index contributed by atoms with van der Waals surface area (Å²) in [4.78, 5) is 32.7. The smallest absolute Gasteiger partial charge is 0.325 e. The Bertz CT molecular complexity index is 521. The van der Waals surface area contributed by atoms with E-state index < -0.39 is 23.7 Å². The number of carbonyl (C=O) groups excluding carboxylic acids is 2. The van der Waals surface area contributed by atoms with Crippen LogP contribution in [-0.2, 0) is 9.59 Å². The monoisotopic (exact) mass is 332 g/mol. The molecule has 8 heteroatoms. The highest BCUT2D eigenvalue weighted by Crippen LogP contribution is 2.19. The molecule has 0 radical (unpaired) electrons. The molecule has 0 aromatic heterocycles.